The molecule has 0 spiro atoms. The second kappa shape index (κ2) is 7.24. The molecule has 102 valence electrons. The van der Waals surface area contributed by atoms with E-state index in [2.05, 4.69) is 6.92 Å². The Morgan fingerprint density at radius 2 is 1.72 bits per heavy atom. The Hall–Kier alpha value is -1.26. The van der Waals surface area contributed by atoms with Crippen molar-refractivity contribution in [3.05, 3.63) is 24.3 Å². The first-order valence-electron chi connectivity index (χ1n) is 6.24. The summed E-state index contributed by atoms with van der Waals surface area (Å²) >= 11 is 0. The van der Waals surface area contributed by atoms with Crippen molar-refractivity contribution in [2.75, 3.05) is 26.9 Å². The summed E-state index contributed by atoms with van der Waals surface area (Å²) in [5.41, 5.74) is 5.42. The average Bonchev–Trinajstić information content (AvgIpc) is 2.44. The van der Waals surface area contributed by atoms with Gasteiger partial charge in [-0.2, -0.15) is 0 Å². The number of nitrogens with two attached hydrogens (primary N) is 1. The third-order valence-electron chi connectivity index (χ3n) is 3.04. The topological polar surface area (TPSA) is 53.7 Å². The van der Waals surface area contributed by atoms with E-state index in [1.807, 2.05) is 31.2 Å². The molecule has 0 radical (unpaired) electrons. The van der Waals surface area contributed by atoms with Gasteiger partial charge in [0.2, 0.25) is 0 Å². The number of hydrogen-bond acceptors (Lipinski definition) is 4. The third-order valence-corrected chi connectivity index (χ3v) is 3.04. The molecule has 0 aromatic heterocycles. The van der Waals surface area contributed by atoms with Crippen LogP contribution in [0.1, 0.15) is 20.3 Å². The largest absolute Gasteiger partial charge is 0.497 e. The Morgan fingerprint density at radius 3 is 2.22 bits per heavy atom. The zero-order valence-electron chi connectivity index (χ0n) is 11.4. The lowest BCUT2D eigenvalue weighted by Gasteiger charge is -2.26. The quantitative estimate of drug-likeness (QED) is 0.722. The van der Waals surface area contributed by atoms with Crippen molar-refractivity contribution in [2.24, 2.45) is 5.73 Å². The van der Waals surface area contributed by atoms with Gasteiger partial charge in [0, 0.05) is 6.54 Å². The van der Waals surface area contributed by atoms with Crippen molar-refractivity contribution >= 4 is 0 Å². The molecule has 0 fully saturated rings. The van der Waals surface area contributed by atoms with Crippen LogP contribution in [-0.4, -0.2) is 32.5 Å². The lowest BCUT2D eigenvalue weighted by atomic mass is 10.0. The molecular formula is C14H23NO3. The summed E-state index contributed by atoms with van der Waals surface area (Å²) in [6.07, 6.45) is 0.895. The van der Waals surface area contributed by atoms with E-state index in [0.29, 0.717) is 19.8 Å². The highest BCUT2D eigenvalue weighted by atomic mass is 16.5. The standard InChI is InChI=1S/C14H23NO3/c1-4-14(2,11-15)18-10-9-17-13-7-5-12(16-3)6-8-13/h5-8H,4,9-11,15H2,1-3H3. The molecule has 1 atom stereocenters. The Labute approximate surface area is 109 Å². The molecule has 0 heterocycles. The smallest absolute Gasteiger partial charge is 0.119 e. The summed E-state index contributed by atoms with van der Waals surface area (Å²) in [6.45, 7) is 5.65. The van der Waals surface area contributed by atoms with E-state index < -0.39 is 0 Å². The molecule has 0 aliphatic heterocycles. The van der Waals surface area contributed by atoms with Gasteiger partial charge in [-0.3, -0.25) is 0 Å². The fourth-order valence-electron chi connectivity index (χ4n) is 1.42. The molecule has 0 saturated carbocycles. The van der Waals surface area contributed by atoms with Crippen LogP contribution in [0.4, 0.5) is 0 Å². The molecule has 0 aliphatic carbocycles. The minimum atomic E-state index is -0.247. The minimum absolute atomic E-state index is 0.247. The fraction of sp³-hybridized carbons (Fsp3) is 0.571. The predicted molar refractivity (Wildman–Crippen MR) is 72.2 cm³/mol. The number of benzene rings is 1. The summed E-state index contributed by atoms with van der Waals surface area (Å²) in [7, 11) is 1.64. The highest BCUT2D eigenvalue weighted by Crippen LogP contribution is 2.17. The molecule has 18 heavy (non-hydrogen) atoms. The molecule has 0 saturated heterocycles. The van der Waals surface area contributed by atoms with Crippen molar-refractivity contribution in [2.45, 2.75) is 25.9 Å². The van der Waals surface area contributed by atoms with Gasteiger partial charge in [0.05, 0.1) is 19.3 Å². The van der Waals surface area contributed by atoms with Crippen LogP contribution in [0, 0.1) is 0 Å². The Morgan fingerprint density at radius 1 is 1.11 bits per heavy atom. The van der Waals surface area contributed by atoms with Crippen LogP contribution < -0.4 is 15.2 Å². The molecule has 1 rings (SSSR count). The van der Waals surface area contributed by atoms with Crippen LogP contribution in [0.15, 0.2) is 24.3 Å². The fourth-order valence-corrected chi connectivity index (χ4v) is 1.42. The van der Waals surface area contributed by atoms with Crippen LogP contribution in [0.3, 0.4) is 0 Å². The van der Waals surface area contributed by atoms with E-state index in [1.165, 1.54) is 0 Å². The minimum Gasteiger partial charge on any atom is -0.497 e. The SMILES string of the molecule is CCC(C)(CN)OCCOc1ccc(OC)cc1. The second-order valence-electron chi connectivity index (χ2n) is 4.38. The molecule has 4 heteroatoms. The highest BCUT2D eigenvalue weighted by Gasteiger charge is 2.19. The maximum absolute atomic E-state index is 5.72. The van der Waals surface area contributed by atoms with Crippen molar-refractivity contribution in [3.63, 3.8) is 0 Å². The van der Waals surface area contributed by atoms with E-state index >= 15 is 0 Å². The number of hydrogen-bond donors (Lipinski definition) is 1. The van der Waals surface area contributed by atoms with Crippen LogP contribution in [0.5, 0.6) is 11.5 Å². The van der Waals surface area contributed by atoms with Gasteiger partial charge < -0.3 is 19.9 Å². The van der Waals surface area contributed by atoms with Crippen molar-refractivity contribution in [3.8, 4) is 11.5 Å². The Balaban J connectivity index is 2.29. The summed E-state index contributed by atoms with van der Waals surface area (Å²) in [5.74, 6) is 1.63. The predicted octanol–water partition coefficient (Wildman–Crippen LogP) is 2.22. The van der Waals surface area contributed by atoms with Crippen molar-refractivity contribution in [1.29, 1.82) is 0 Å². The molecule has 0 aliphatic rings. The van der Waals surface area contributed by atoms with Gasteiger partial charge >= 0.3 is 0 Å². The van der Waals surface area contributed by atoms with Crippen LogP contribution >= 0.6 is 0 Å². The van der Waals surface area contributed by atoms with E-state index in [1.54, 1.807) is 7.11 Å². The summed E-state index contributed by atoms with van der Waals surface area (Å²) in [5, 5.41) is 0. The van der Waals surface area contributed by atoms with E-state index in [0.717, 1.165) is 17.9 Å². The number of methoxy groups -OCH3 is 1. The lowest BCUT2D eigenvalue weighted by Crippen LogP contribution is -2.38. The molecule has 1 aromatic rings. The zero-order valence-corrected chi connectivity index (χ0v) is 11.4. The average molecular weight is 253 g/mol. The molecule has 1 aromatic carbocycles. The highest BCUT2D eigenvalue weighted by molar-refractivity contribution is 5.31. The number of ether oxygens (including phenoxy) is 3. The maximum atomic E-state index is 5.72. The first-order valence-corrected chi connectivity index (χ1v) is 6.24. The number of rotatable bonds is 8. The van der Waals surface area contributed by atoms with E-state index in [4.69, 9.17) is 19.9 Å². The molecule has 1 unspecified atom stereocenters. The van der Waals surface area contributed by atoms with Gasteiger partial charge in [-0.05, 0) is 37.6 Å². The molecule has 0 bridgehead atoms. The second-order valence-corrected chi connectivity index (χ2v) is 4.38. The molecule has 4 nitrogen and oxygen atoms in total. The molecular weight excluding hydrogens is 230 g/mol. The van der Waals surface area contributed by atoms with Gasteiger partial charge in [0.1, 0.15) is 18.1 Å². The Bertz CT molecular complexity index is 333. The van der Waals surface area contributed by atoms with Gasteiger partial charge in [0.25, 0.3) is 0 Å². The van der Waals surface area contributed by atoms with E-state index in [9.17, 15) is 0 Å². The van der Waals surface area contributed by atoms with E-state index in [-0.39, 0.29) is 5.60 Å². The Kier molecular flexibility index (Phi) is 5.95. The summed E-state index contributed by atoms with van der Waals surface area (Å²) in [6, 6.07) is 7.49. The van der Waals surface area contributed by atoms with Crippen molar-refractivity contribution < 1.29 is 14.2 Å². The normalized spacial score (nSPS) is 14.0. The van der Waals surface area contributed by atoms with Gasteiger partial charge in [-0.1, -0.05) is 6.92 Å². The first kappa shape index (κ1) is 14.8. The zero-order chi connectivity index (χ0) is 13.4. The first-order chi connectivity index (χ1) is 8.63. The van der Waals surface area contributed by atoms with Gasteiger partial charge in [-0.15, -0.1) is 0 Å². The lowest BCUT2D eigenvalue weighted by molar-refractivity contribution is -0.0384. The molecule has 0 amide bonds. The van der Waals surface area contributed by atoms with Crippen LogP contribution in [-0.2, 0) is 4.74 Å². The third kappa shape index (κ3) is 4.55. The molecule has 2 N–H and O–H groups in total. The monoisotopic (exact) mass is 253 g/mol. The maximum Gasteiger partial charge on any atom is 0.119 e. The van der Waals surface area contributed by atoms with Gasteiger partial charge in [0.15, 0.2) is 0 Å². The van der Waals surface area contributed by atoms with Gasteiger partial charge in [-0.25, -0.2) is 0 Å². The van der Waals surface area contributed by atoms with Crippen LogP contribution in [0.25, 0.3) is 0 Å². The van der Waals surface area contributed by atoms with Crippen molar-refractivity contribution in [1.82, 2.24) is 0 Å². The summed E-state index contributed by atoms with van der Waals surface area (Å²) in [4.78, 5) is 0. The van der Waals surface area contributed by atoms with Crippen LogP contribution in [0.2, 0.25) is 0 Å². The summed E-state index contributed by atoms with van der Waals surface area (Å²) < 4.78 is 16.4.